The lowest BCUT2D eigenvalue weighted by atomic mass is 10.1. The zero-order chi connectivity index (χ0) is 25.9. The molecule has 190 valence electrons. The Kier molecular flexibility index (Phi) is 7.15. The van der Waals surface area contributed by atoms with Gasteiger partial charge in [-0.15, -0.1) is 0 Å². The minimum atomic E-state index is -0.339. The fourth-order valence-corrected chi connectivity index (χ4v) is 5.16. The number of halogens is 1. The lowest BCUT2D eigenvalue weighted by Gasteiger charge is -2.25. The number of fused-ring (bicyclic) bond motifs is 1. The highest BCUT2D eigenvalue weighted by molar-refractivity contribution is 6.35. The van der Waals surface area contributed by atoms with Crippen molar-refractivity contribution in [1.29, 1.82) is 0 Å². The summed E-state index contributed by atoms with van der Waals surface area (Å²) in [5.74, 6) is -0.852. The number of benzene rings is 3. The van der Waals surface area contributed by atoms with Crippen LogP contribution in [0.5, 0.6) is 0 Å². The molecule has 5 rings (SSSR count). The summed E-state index contributed by atoms with van der Waals surface area (Å²) in [5, 5.41) is 0.361. The number of rotatable bonds is 5. The largest absolute Gasteiger partial charge is 0.371 e. The van der Waals surface area contributed by atoms with E-state index in [-0.39, 0.29) is 37.4 Å². The molecule has 2 aliphatic heterocycles. The summed E-state index contributed by atoms with van der Waals surface area (Å²) in [7, 11) is 1.69. The molecule has 8 heteroatoms. The van der Waals surface area contributed by atoms with Crippen molar-refractivity contribution in [3.05, 3.63) is 88.9 Å². The van der Waals surface area contributed by atoms with E-state index in [1.807, 2.05) is 66.7 Å². The minimum absolute atomic E-state index is 0.0914. The molecule has 2 heterocycles. The van der Waals surface area contributed by atoms with Crippen molar-refractivity contribution in [2.45, 2.75) is 19.4 Å². The van der Waals surface area contributed by atoms with Crippen molar-refractivity contribution in [2.24, 2.45) is 0 Å². The number of hydrogen-bond donors (Lipinski definition) is 0. The molecule has 3 amide bonds. The smallest absolute Gasteiger partial charge is 0.260 e. The number of carbonyl (C=O) groups excluding carboxylic acids is 3. The van der Waals surface area contributed by atoms with E-state index in [1.165, 1.54) is 14.7 Å². The highest BCUT2D eigenvalue weighted by Gasteiger charge is 2.32. The normalized spacial score (nSPS) is 15.4. The molecule has 2 aliphatic rings. The first-order valence-corrected chi connectivity index (χ1v) is 12.8. The van der Waals surface area contributed by atoms with Gasteiger partial charge in [-0.25, -0.2) is 0 Å². The summed E-state index contributed by atoms with van der Waals surface area (Å²) >= 11 is 6.60. The molecule has 0 spiro atoms. The van der Waals surface area contributed by atoms with E-state index < -0.39 is 0 Å². The predicted octanol–water partition coefficient (Wildman–Crippen LogP) is 4.59. The Labute approximate surface area is 221 Å². The molecule has 1 fully saturated rings. The first kappa shape index (κ1) is 24.8. The monoisotopic (exact) mass is 516 g/mol. The fourth-order valence-electron chi connectivity index (χ4n) is 4.91. The van der Waals surface area contributed by atoms with Crippen molar-refractivity contribution < 1.29 is 14.4 Å². The molecule has 0 aliphatic carbocycles. The molecule has 0 aromatic heterocycles. The van der Waals surface area contributed by atoms with Crippen molar-refractivity contribution >= 4 is 46.4 Å². The van der Waals surface area contributed by atoms with Gasteiger partial charge in [0.1, 0.15) is 13.1 Å². The maximum Gasteiger partial charge on any atom is 0.260 e. The van der Waals surface area contributed by atoms with E-state index in [9.17, 15) is 14.4 Å². The zero-order valence-corrected chi connectivity index (χ0v) is 21.5. The second-order valence-corrected chi connectivity index (χ2v) is 9.82. The van der Waals surface area contributed by atoms with Gasteiger partial charge in [-0.05, 0) is 54.8 Å². The second kappa shape index (κ2) is 10.6. The number of hydrogen-bond acceptors (Lipinski definition) is 4. The van der Waals surface area contributed by atoms with Crippen LogP contribution in [0.1, 0.15) is 28.8 Å². The molecular weight excluding hydrogens is 488 g/mol. The van der Waals surface area contributed by atoms with Gasteiger partial charge >= 0.3 is 0 Å². The Hall–Kier alpha value is -3.84. The molecule has 0 unspecified atom stereocenters. The van der Waals surface area contributed by atoms with Gasteiger partial charge in [0.25, 0.3) is 5.91 Å². The molecule has 3 aromatic carbocycles. The molecule has 37 heavy (non-hydrogen) atoms. The summed E-state index contributed by atoms with van der Waals surface area (Å²) in [4.78, 5) is 46.9. The van der Waals surface area contributed by atoms with Gasteiger partial charge in [0.2, 0.25) is 11.8 Å². The first-order chi connectivity index (χ1) is 17.9. The van der Waals surface area contributed by atoms with Crippen LogP contribution in [-0.4, -0.2) is 55.8 Å². The standard InChI is InChI=1S/C29H29ClN4O3/c1-31(22-10-3-2-4-11-22)27(35)19-33-18-21-9-5-6-12-26(21)34(20-28(33)36)29(37)24-14-13-23(17-25(24)30)32-15-7-8-16-32/h2-6,9-14,17H,7-8,15-16,18-20H2,1H3. The third-order valence-electron chi connectivity index (χ3n) is 7.03. The summed E-state index contributed by atoms with van der Waals surface area (Å²) in [6.45, 7) is 1.92. The highest BCUT2D eigenvalue weighted by Crippen LogP contribution is 2.31. The summed E-state index contributed by atoms with van der Waals surface area (Å²) in [6.07, 6.45) is 2.29. The summed E-state index contributed by atoms with van der Waals surface area (Å²) in [5.41, 5.74) is 3.53. The van der Waals surface area contributed by atoms with Gasteiger partial charge in [-0.3, -0.25) is 19.3 Å². The van der Waals surface area contributed by atoms with Crippen LogP contribution in [0.15, 0.2) is 72.8 Å². The van der Waals surface area contributed by atoms with E-state index in [4.69, 9.17) is 11.6 Å². The van der Waals surface area contributed by atoms with Crippen LogP contribution in [0.2, 0.25) is 5.02 Å². The van der Waals surface area contributed by atoms with Gasteiger partial charge in [0.05, 0.1) is 10.6 Å². The number of carbonyl (C=O) groups is 3. The molecule has 0 saturated carbocycles. The zero-order valence-electron chi connectivity index (χ0n) is 20.8. The Balaban J connectivity index is 1.39. The third-order valence-corrected chi connectivity index (χ3v) is 7.35. The molecule has 0 atom stereocenters. The van der Waals surface area contributed by atoms with Gasteiger partial charge in [-0.2, -0.15) is 0 Å². The topological polar surface area (TPSA) is 64.2 Å². The highest BCUT2D eigenvalue weighted by atomic mass is 35.5. The molecular formula is C29H29ClN4O3. The van der Waals surface area contributed by atoms with Crippen LogP contribution in [0, 0.1) is 0 Å². The number of amides is 3. The number of para-hydroxylation sites is 2. The minimum Gasteiger partial charge on any atom is -0.371 e. The predicted molar refractivity (Wildman–Crippen MR) is 146 cm³/mol. The van der Waals surface area contributed by atoms with E-state index in [0.29, 0.717) is 16.3 Å². The van der Waals surface area contributed by atoms with Crippen molar-refractivity contribution in [2.75, 3.05) is 47.9 Å². The molecule has 7 nitrogen and oxygen atoms in total. The number of anilines is 3. The Morgan fingerprint density at radius 1 is 0.919 bits per heavy atom. The van der Waals surface area contributed by atoms with Crippen molar-refractivity contribution in [3.8, 4) is 0 Å². The van der Waals surface area contributed by atoms with Gasteiger partial charge in [-0.1, -0.05) is 48.0 Å². The fraction of sp³-hybridized carbons (Fsp3) is 0.276. The maximum absolute atomic E-state index is 13.7. The first-order valence-electron chi connectivity index (χ1n) is 12.5. The lowest BCUT2D eigenvalue weighted by Crippen LogP contribution is -2.44. The van der Waals surface area contributed by atoms with Gasteiger partial charge < -0.3 is 14.7 Å². The van der Waals surface area contributed by atoms with Crippen LogP contribution in [-0.2, 0) is 16.1 Å². The van der Waals surface area contributed by atoms with Crippen LogP contribution in [0.25, 0.3) is 0 Å². The Morgan fingerprint density at radius 3 is 2.35 bits per heavy atom. The summed E-state index contributed by atoms with van der Waals surface area (Å²) in [6, 6.07) is 22.2. The molecule has 0 bridgehead atoms. The SMILES string of the molecule is CN(C(=O)CN1Cc2ccccc2N(C(=O)c2ccc(N3CCCC3)cc2Cl)CC1=O)c1ccccc1. The average Bonchev–Trinajstić information content (AvgIpc) is 3.42. The van der Waals surface area contributed by atoms with Crippen LogP contribution >= 0.6 is 11.6 Å². The number of likely N-dealkylation sites (N-methyl/N-ethyl adjacent to an activating group) is 1. The van der Waals surface area contributed by atoms with Crippen LogP contribution < -0.4 is 14.7 Å². The van der Waals surface area contributed by atoms with E-state index >= 15 is 0 Å². The van der Waals surface area contributed by atoms with Crippen molar-refractivity contribution in [1.82, 2.24) is 4.90 Å². The Bertz CT molecular complexity index is 1320. The maximum atomic E-state index is 13.7. The van der Waals surface area contributed by atoms with Crippen molar-refractivity contribution in [3.63, 3.8) is 0 Å². The molecule has 3 aromatic rings. The Morgan fingerprint density at radius 2 is 1.62 bits per heavy atom. The van der Waals surface area contributed by atoms with E-state index in [0.717, 1.165) is 42.9 Å². The second-order valence-electron chi connectivity index (χ2n) is 9.42. The van der Waals surface area contributed by atoms with Gasteiger partial charge in [0.15, 0.2) is 0 Å². The van der Waals surface area contributed by atoms with E-state index in [1.54, 1.807) is 13.1 Å². The van der Waals surface area contributed by atoms with E-state index in [2.05, 4.69) is 4.90 Å². The molecule has 0 N–H and O–H groups in total. The summed E-state index contributed by atoms with van der Waals surface area (Å²) < 4.78 is 0. The third kappa shape index (κ3) is 5.18. The van der Waals surface area contributed by atoms with Crippen LogP contribution in [0.3, 0.4) is 0 Å². The lowest BCUT2D eigenvalue weighted by molar-refractivity contribution is -0.134. The van der Waals surface area contributed by atoms with Gasteiger partial charge in [0, 0.05) is 43.7 Å². The average molecular weight is 517 g/mol. The van der Waals surface area contributed by atoms with Crippen LogP contribution in [0.4, 0.5) is 17.1 Å². The molecule has 1 saturated heterocycles. The number of nitrogens with zero attached hydrogens (tertiary/aromatic N) is 4. The quantitative estimate of drug-likeness (QED) is 0.497. The molecule has 0 radical (unpaired) electrons.